The fourth-order valence-electron chi connectivity index (χ4n) is 3.70. The predicted molar refractivity (Wildman–Crippen MR) is 116 cm³/mol. The van der Waals surface area contributed by atoms with E-state index in [1.54, 1.807) is 6.08 Å². The summed E-state index contributed by atoms with van der Waals surface area (Å²) in [6.07, 6.45) is 11.1. The summed E-state index contributed by atoms with van der Waals surface area (Å²) in [5.74, 6) is 0.0279. The van der Waals surface area contributed by atoms with Crippen LogP contribution in [-0.2, 0) is 5.41 Å². The summed E-state index contributed by atoms with van der Waals surface area (Å²) in [4.78, 5) is 12.7. The number of carbonyl (C=O) groups excluding carboxylic acids is 1. The fraction of sp³-hybridized carbons (Fsp3) is 0.0741. The number of rotatable bonds is 5. The molecule has 0 radical (unpaired) electrons. The standard InChI is InChI=1S/C27H22O/c28-26(23-13-6-2-7-14-23)18-20-27(25-16-8-3-9-17-25)19-10-15-24(21-27)22-11-4-1-5-12-22/h1-20H,21H2/b20-18+. The van der Waals surface area contributed by atoms with Crippen LogP contribution in [0.2, 0.25) is 0 Å². The summed E-state index contributed by atoms with van der Waals surface area (Å²) in [6.45, 7) is 0. The Morgan fingerprint density at radius 2 is 1.39 bits per heavy atom. The first kappa shape index (κ1) is 17.9. The topological polar surface area (TPSA) is 17.1 Å². The van der Waals surface area contributed by atoms with E-state index in [4.69, 9.17) is 0 Å². The van der Waals surface area contributed by atoms with Gasteiger partial charge in [-0.2, -0.15) is 0 Å². The van der Waals surface area contributed by atoms with Crippen molar-refractivity contribution in [3.63, 3.8) is 0 Å². The SMILES string of the molecule is O=C(/C=C/C1(c2ccccc2)C=CC=C(c2ccccc2)C1)c1ccccc1. The molecule has 1 aliphatic carbocycles. The first-order valence-electron chi connectivity index (χ1n) is 9.55. The van der Waals surface area contributed by atoms with E-state index < -0.39 is 0 Å². The Bertz CT molecular complexity index is 1030. The molecule has 0 saturated carbocycles. The van der Waals surface area contributed by atoms with Crippen LogP contribution in [-0.4, -0.2) is 5.78 Å². The van der Waals surface area contributed by atoms with E-state index in [-0.39, 0.29) is 11.2 Å². The minimum absolute atomic E-state index is 0.0279. The van der Waals surface area contributed by atoms with Gasteiger partial charge in [0.05, 0.1) is 0 Å². The highest BCUT2D eigenvalue weighted by Gasteiger charge is 2.30. The van der Waals surface area contributed by atoms with Crippen molar-refractivity contribution in [3.8, 4) is 0 Å². The summed E-state index contributed by atoms with van der Waals surface area (Å²) < 4.78 is 0. The summed E-state index contributed by atoms with van der Waals surface area (Å²) in [6, 6.07) is 30.3. The van der Waals surface area contributed by atoms with Gasteiger partial charge in [-0.1, -0.05) is 115 Å². The average molecular weight is 362 g/mol. The number of benzene rings is 3. The first-order chi connectivity index (χ1) is 13.8. The molecule has 1 nitrogen and oxygen atoms in total. The van der Waals surface area contributed by atoms with Gasteiger partial charge in [0.15, 0.2) is 5.78 Å². The molecule has 3 aromatic rings. The second-order valence-electron chi connectivity index (χ2n) is 7.06. The maximum Gasteiger partial charge on any atom is 0.185 e. The smallest absolute Gasteiger partial charge is 0.185 e. The molecule has 1 atom stereocenters. The summed E-state index contributed by atoms with van der Waals surface area (Å²) in [5.41, 5.74) is 4.04. The predicted octanol–water partition coefficient (Wildman–Crippen LogP) is 6.41. The molecule has 28 heavy (non-hydrogen) atoms. The number of allylic oxidation sites excluding steroid dienone is 6. The van der Waals surface area contributed by atoms with Gasteiger partial charge in [-0.25, -0.2) is 0 Å². The molecule has 0 heterocycles. The molecule has 0 amide bonds. The molecule has 1 unspecified atom stereocenters. The molecule has 1 aliphatic rings. The van der Waals surface area contributed by atoms with Crippen molar-refractivity contribution in [2.24, 2.45) is 0 Å². The summed E-state index contributed by atoms with van der Waals surface area (Å²) >= 11 is 0. The minimum Gasteiger partial charge on any atom is -0.289 e. The van der Waals surface area contributed by atoms with Crippen LogP contribution < -0.4 is 0 Å². The van der Waals surface area contributed by atoms with Crippen LogP contribution in [0.15, 0.2) is 121 Å². The third-order valence-corrected chi connectivity index (χ3v) is 5.22. The van der Waals surface area contributed by atoms with Crippen molar-refractivity contribution in [3.05, 3.63) is 138 Å². The Hall–Kier alpha value is -3.45. The minimum atomic E-state index is -0.342. The van der Waals surface area contributed by atoms with Gasteiger partial charge in [-0.05, 0) is 29.2 Å². The van der Waals surface area contributed by atoms with Gasteiger partial charge in [-0.15, -0.1) is 0 Å². The average Bonchev–Trinajstić information content (AvgIpc) is 2.79. The Labute approximate surface area is 166 Å². The normalized spacial score (nSPS) is 18.8. The number of hydrogen-bond donors (Lipinski definition) is 0. The van der Waals surface area contributed by atoms with Gasteiger partial charge >= 0.3 is 0 Å². The lowest BCUT2D eigenvalue weighted by Crippen LogP contribution is -2.23. The Kier molecular flexibility index (Phi) is 5.16. The van der Waals surface area contributed by atoms with Gasteiger partial charge in [0.1, 0.15) is 0 Å². The van der Waals surface area contributed by atoms with E-state index in [2.05, 4.69) is 72.8 Å². The Morgan fingerprint density at radius 3 is 2.07 bits per heavy atom. The van der Waals surface area contributed by atoms with Crippen LogP contribution >= 0.6 is 0 Å². The van der Waals surface area contributed by atoms with Crippen LogP contribution in [0.25, 0.3) is 5.57 Å². The second kappa shape index (κ2) is 8.06. The molecular formula is C27H22O. The van der Waals surface area contributed by atoms with Gasteiger partial charge in [0.2, 0.25) is 0 Å². The first-order valence-corrected chi connectivity index (χ1v) is 9.55. The van der Waals surface area contributed by atoms with Crippen LogP contribution in [0.3, 0.4) is 0 Å². The largest absolute Gasteiger partial charge is 0.289 e. The quantitative estimate of drug-likeness (QED) is 0.379. The molecular weight excluding hydrogens is 340 g/mol. The Morgan fingerprint density at radius 1 is 0.786 bits per heavy atom. The summed E-state index contributed by atoms with van der Waals surface area (Å²) in [5, 5.41) is 0. The highest BCUT2D eigenvalue weighted by molar-refractivity contribution is 6.04. The lowest BCUT2D eigenvalue weighted by atomic mass is 9.71. The molecule has 0 spiro atoms. The zero-order valence-corrected chi connectivity index (χ0v) is 15.7. The maximum atomic E-state index is 12.7. The maximum absolute atomic E-state index is 12.7. The molecule has 0 N–H and O–H groups in total. The molecule has 0 aromatic heterocycles. The monoisotopic (exact) mass is 362 g/mol. The molecule has 4 rings (SSSR count). The van der Waals surface area contributed by atoms with Crippen LogP contribution in [0.5, 0.6) is 0 Å². The fourth-order valence-corrected chi connectivity index (χ4v) is 3.70. The van der Waals surface area contributed by atoms with Gasteiger partial charge in [-0.3, -0.25) is 4.79 Å². The van der Waals surface area contributed by atoms with Gasteiger partial charge in [0.25, 0.3) is 0 Å². The highest BCUT2D eigenvalue weighted by Crippen LogP contribution is 2.40. The van der Waals surface area contributed by atoms with E-state index in [0.29, 0.717) is 5.56 Å². The van der Waals surface area contributed by atoms with Crippen molar-refractivity contribution in [1.82, 2.24) is 0 Å². The third-order valence-electron chi connectivity index (χ3n) is 5.22. The number of hydrogen-bond acceptors (Lipinski definition) is 1. The lowest BCUT2D eigenvalue weighted by Gasteiger charge is -2.32. The van der Waals surface area contributed by atoms with Gasteiger partial charge < -0.3 is 0 Å². The Balaban J connectivity index is 1.71. The van der Waals surface area contributed by atoms with Crippen LogP contribution in [0.1, 0.15) is 27.9 Å². The van der Waals surface area contributed by atoms with Crippen molar-refractivity contribution >= 4 is 11.4 Å². The van der Waals surface area contributed by atoms with E-state index >= 15 is 0 Å². The van der Waals surface area contributed by atoms with E-state index in [0.717, 1.165) is 6.42 Å². The van der Waals surface area contributed by atoms with Crippen molar-refractivity contribution in [2.45, 2.75) is 11.8 Å². The second-order valence-corrected chi connectivity index (χ2v) is 7.06. The number of ketones is 1. The van der Waals surface area contributed by atoms with E-state index in [1.165, 1.54) is 16.7 Å². The zero-order chi connectivity index (χ0) is 19.2. The lowest BCUT2D eigenvalue weighted by molar-refractivity contribution is 0.104. The van der Waals surface area contributed by atoms with Crippen LogP contribution in [0.4, 0.5) is 0 Å². The summed E-state index contributed by atoms with van der Waals surface area (Å²) in [7, 11) is 0. The third kappa shape index (κ3) is 3.79. The molecule has 0 bridgehead atoms. The van der Waals surface area contributed by atoms with E-state index in [9.17, 15) is 4.79 Å². The highest BCUT2D eigenvalue weighted by atomic mass is 16.1. The van der Waals surface area contributed by atoms with Crippen LogP contribution in [0, 0.1) is 0 Å². The zero-order valence-electron chi connectivity index (χ0n) is 15.7. The van der Waals surface area contributed by atoms with Crippen molar-refractivity contribution in [2.75, 3.05) is 0 Å². The molecule has 0 saturated heterocycles. The molecule has 1 heteroatoms. The molecule has 136 valence electrons. The number of carbonyl (C=O) groups is 1. The molecule has 3 aromatic carbocycles. The van der Waals surface area contributed by atoms with E-state index in [1.807, 2.05) is 42.5 Å². The van der Waals surface area contributed by atoms with Gasteiger partial charge in [0, 0.05) is 11.0 Å². The molecule has 0 fully saturated rings. The van der Waals surface area contributed by atoms with Crippen molar-refractivity contribution < 1.29 is 4.79 Å². The molecule has 0 aliphatic heterocycles. The van der Waals surface area contributed by atoms with Crippen molar-refractivity contribution in [1.29, 1.82) is 0 Å².